The van der Waals surface area contributed by atoms with Crippen molar-refractivity contribution in [1.29, 1.82) is 0 Å². The van der Waals surface area contributed by atoms with Gasteiger partial charge in [0.1, 0.15) is 6.17 Å². The zero-order chi connectivity index (χ0) is 15.1. The molecule has 110 valence electrons. The van der Waals surface area contributed by atoms with Crippen LogP contribution in [0.4, 0.5) is 17.1 Å². The molecule has 0 spiro atoms. The maximum atomic E-state index is 2.45. The van der Waals surface area contributed by atoms with Crippen molar-refractivity contribution in [2.45, 2.75) is 39.8 Å². The molecule has 2 aromatic rings. The molecule has 0 bridgehead atoms. The molecule has 1 atom stereocenters. The Morgan fingerprint density at radius 1 is 0.905 bits per heavy atom. The van der Waals surface area contributed by atoms with Crippen molar-refractivity contribution >= 4 is 17.1 Å². The first kappa shape index (κ1) is 14.0. The highest BCUT2D eigenvalue weighted by atomic mass is 15.4. The van der Waals surface area contributed by atoms with Crippen molar-refractivity contribution in [2.75, 3.05) is 16.8 Å². The van der Waals surface area contributed by atoms with Crippen LogP contribution in [0.15, 0.2) is 42.5 Å². The Bertz CT molecular complexity index is 660. The quantitative estimate of drug-likeness (QED) is 0.759. The molecule has 0 amide bonds. The molecule has 0 N–H and O–H groups in total. The van der Waals surface area contributed by atoms with Gasteiger partial charge in [-0.15, -0.1) is 0 Å². The third kappa shape index (κ3) is 2.10. The van der Waals surface area contributed by atoms with Gasteiger partial charge in [-0.3, -0.25) is 0 Å². The monoisotopic (exact) mass is 280 g/mol. The molecule has 2 heteroatoms. The smallest absolute Gasteiger partial charge is 0.103 e. The molecule has 0 aromatic heterocycles. The van der Waals surface area contributed by atoms with E-state index >= 15 is 0 Å². The van der Waals surface area contributed by atoms with Crippen LogP contribution in [0.3, 0.4) is 0 Å². The van der Waals surface area contributed by atoms with Gasteiger partial charge in [0.05, 0.1) is 11.4 Å². The minimum atomic E-state index is 0.337. The van der Waals surface area contributed by atoms with Crippen LogP contribution in [0.2, 0.25) is 0 Å². The van der Waals surface area contributed by atoms with Gasteiger partial charge in [0.2, 0.25) is 0 Å². The summed E-state index contributed by atoms with van der Waals surface area (Å²) >= 11 is 0. The van der Waals surface area contributed by atoms with Crippen LogP contribution in [0.5, 0.6) is 0 Å². The number of hydrogen-bond donors (Lipinski definition) is 0. The minimum absolute atomic E-state index is 0.337. The van der Waals surface area contributed by atoms with Gasteiger partial charge in [0, 0.05) is 12.7 Å². The van der Waals surface area contributed by atoms with Gasteiger partial charge in [-0.05, 0) is 49.1 Å². The van der Waals surface area contributed by atoms with E-state index in [0.717, 1.165) is 0 Å². The molecule has 1 aliphatic heterocycles. The van der Waals surface area contributed by atoms with E-state index in [-0.39, 0.29) is 0 Å². The lowest BCUT2D eigenvalue weighted by molar-refractivity contribution is 0.730. The molecule has 0 aliphatic carbocycles. The minimum Gasteiger partial charge on any atom is -0.353 e. The van der Waals surface area contributed by atoms with Gasteiger partial charge < -0.3 is 9.80 Å². The number of rotatable bonds is 2. The fourth-order valence-electron chi connectivity index (χ4n) is 3.40. The zero-order valence-electron chi connectivity index (χ0n) is 13.6. The lowest BCUT2D eigenvalue weighted by Crippen LogP contribution is -2.36. The second-order valence-corrected chi connectivity index (χ2v) is 6.25. The maximum Gasteiger partial charge on any atom is 0.103 e. The van der Waals surface area contributed by atoms with Gasteiger partial charge in [-0.2, -0.15) is 0 Å². The van der Waals surface area contributed by atoms with Crippen LogP contribution in [0.1, 0.15) is 37.8 Å². The highest BCUT2D eigenvalue weighted by Gasteiger charge is 2.32. The van der Waals surface area contributed by atoms with E-state index in [1.807, 2.05) is 0 Å². The molecule has 3 rings (SSSR count). The van der Waals surface area contributed by atoms with E-state index in [4.69, 9.17) is 0 Å². The Hall–Kier alpha value is -1.96. The van der Waals surface area contributed by atoms with E-state index in [0.29, 0.717) is 12.1 Å². The Balaban J connectivity index is 2.15. The first-order valence-electron chi connectivity index (χ1n) is 7.73. The summed E-state index contributed by atoms with van der Waals surface area (Å²) in [5.41, 5.74) is 6.76. The lowest BCUT2D eigenvalue weighted by atomic mass is 9.96. The topological polar surface area (TPSA) is 6.48 Å². The van der Waals surface area contributed by atoms with E-state index < -0.39 is 0 Å². The number of benzene rings is 2. The average molecular weight is 280 g/mol. The van der Waals surface area contributed by atoms with Crippen LogP contribution < -0.4 is 9.80 Å². The third-order valence-electron chi connectivity index (χ3n) is 4.68. The summed E-state index contributed by atoms with van der Waals surface area (Å²) in [4.78, 5) is 4.80. The number of nitrogens with zero attached hydrogens (tertiary/aromatic N) is 2. The largest absolute Gasteiger partial charge is 0.353 e. The second-order valence-electron chi connectivity index (χ2n) is 6.25. The third-order valence-corrected chi connectivity index (χ3v) is 4.68. The van der Waals surface area contributed by atoms with Crippen molar-refractivity contribution in [3.63, 3.8) is 0 Å². The predicted molar refractivity (Wildman–Crippen MR) is 91.7 cm³/mol. The van der Waals surface area contributed by atoms with Crippen molar-refractivity contribution < 1.29 is 0 Å². The molecule has 0 saturated carbocycles. The SMILES string of the molecule is Cc1c(C(C)C)cccc1N1c2ccccc2N(C)[C@H]1C. The van der Waals surface area contributed by atoms with E-state index in [9.17, 15) is 0 Å². The lowest BCUT2D eigenvalue weighted by Gasteiger charge is -2.30. The molecule has 0 radical (unpaired) electrons. The summed E-state index contributed by atoms with van der Waals surface area (Å²) in [6.07, 6.45) is 0.337. The van der Waals surface area contributed by atoms with E-state index in [1.165, 1.54) is 28.2 Å². The van der Waals surface area contributed by atoms with E-state index in [1.54, 1.807) is 0 Å². The average Bonchev–Trinajstić information content (AvgIpc) is 2.72. The Kier molecular flexibility index (Phi) is 3.40. The molecule has 1 heterocycles. The summed E-state index contributed by atoms with van der Waals surface area (Å²) in [5.74, 6) is 0.552. The fraction of sp³-hybridized carbons (Fsp3) is 0.368. The molecule has 1 aliphatic rings. The fourth-order valence-corrected chi connectivity index (χ4v) is 3.40. The van der Waals surface area contributed by atoms with Crippen LogP contribution in [0, 0.1) is 6.92 Å². The normalized spacial score (nSPS) is 17.5. The van der Waals surface area contributed by atoms with Crippen molar-refractivity contribution in [1.82, 2.24) is 0 Å². The molecule has 2 aromatic carbocycles. The number of fused-ring (bicyclic) bond motifs is 1. The molecule has 0 fully saturated rings. The Labute approximate surface area is 128 Å². The summed E-state index contributed by atoms with van der Waals surface area (Å²) < 4.78 is 0. The van der Waals surface area contributed by atoms with Crippen LogP contribution in [-0.4, -0.2) is 13.2 Å². The van der Waals surface area contributed by atoms with Gasteiger partial charge in [0.15, 0.2) is 0 Å². The molecular weight excluding hydrogens is 256 g/mol. The first-order chi connectivity index (χ1) is 10.0. The summed E-state index contributed by atoms with van der Waals surface area (Å²) in [6, 6.07) is 15.3. The first-order valence-corrected chi connectivity index (χ1v) is 7.73. The van der Waals surface area contributed by atoms with Crippen LogP contribution in [-0.2, 0) is 0 Å². The Morgan fingerprint density at radius 3 is 2.19 bits per heavy atom. The molecular formula is C19H24N2. The van der Waals surface area contributed by atoms with Crippen molar-refractivity contribution in [3.8, 4) is 0 Å². The molecule has 21 heavy (non-hydrogen) atoms. The number of para-hydroxylation sites is 2. The molecule has 2 nitrogen and oxygen atoms in total. The van der Waals surface area contributed by atoms with Gasteiger partial charge in [0.25, 0.3) is 0 Å². The highest BCUT2D eigenvalue weighted by molar-refractivity contribution is 5.84. The summed E-state index contributed by atoms with van der Waals surface area (Å²) in [6.45, 7) is 9.04. The summed E-state index contributed by atoms with van der Waals surface area (Å²) in [7, 11) is 2.17. The standard InChI is InChI=1S/C19H24N2/c1-13(2)16-9-8-12-17(14(16)3)21-15(4)20(5)18-10-6-7-11-19(18)21/h6-13,15H,1-5H3/t15-/m1/s1. The van der Waals surface area contributed by atoms with Gasteiger partial charge in [-0.25, -0.2) is 0 Å². The van der Waals surface area contributed by atoms with E-state index in [2.05, 4.69) is 87.0 Å². The summed E-state index contributed by atoms with van der Waals surface area (Å²) in [5, 5.41) is 0. The zero-order valence-corrected chi connectivity index (χ0v) is 13.6. The number of hydrogen-bond acceptors (Lipinski definition) is 2. The second kappa shape index (κ2) is 5.10. The highest BCUT2D eigenvalue weighted by Crippen LogP contribution is 2.44. The maximum absolute atomic E-state index is 2.45. The number of anilines is 3. The van der Waals surface area contributed by atoms with Gasteiger partial charge >= 0.3 is 0 Å². The van der Waals surface area contributed by atoms with Crippen LogP contribution >= 0.6 is 0 Å². The van der Waals surface area contributed by atoms with Crippen molar-refractivity contribution in [3.05, 3.63) is 53.6 Å². The molecule has 0 unspecified atom stereocenters. The predicted octanol–water partition coefficient (Wildman–Crippen LogP) is 5.05. The Morgan fingerprint density at radius 2 is 1.52 bits per heavy atom. The van der Waals surface area contributed by atoms with Crippen molar-refractivity contribution in [2.24, 2.45) is 0 Å². The van der Waals surface area contributed by atoms with Crippen LogP contribution in [0.25, 0.3) is 0 Å². The van der Waals surface area contributed by atoms with Gasteiger partial charge in [-0.1, -0.05) is 38.1 Å². The molecule has 0 saturated heterocycles.